The fourth-order valence-electron chi connectivity index (χ4n) is 4.77. The highest BCUT2D eigenvalue weighted by Crippen LogP contribution is 2.59. The van der Waals surface area contributed by atoms with Gasteiger partial charge in [0.05, 0.1) is 17.3 Å². The maximum atomic E-state index is 10.5. The van der Waals surface area contributed by atoms with Gasteiger partial charge in [-0.3, -0.25) is 0 Å². The van der Waals surface area contributed by atoms with Crippen LogP contribution in [0.4, 0.5) is 0 Å². The third kappa shape index (κ3) is 1.62. The van der Waals surface area contributed by atoms with Crippen LogP contribution in [0.5, 0.6) is 0 Å². The van der Waals surface area contributed by atoms with E-state index in [1.165, 1.54) is 19.3 Å². The molecule has 0 aromatic rings. The Bertz CT molecular complexity index is 252. The first-order valence-corrected chi connectivity index (χ1v) is 6.39. The molecule has 0 aliphatic heterocycles. The molecule has 0 amide bonds. The molecular formula is C13H22O2. The Morgan fingerprint density at radius 2 is 1.73 bits per heavy atom. The van der Waals surface area contributed by atoms with Crippen molar-refractivity contribution in [3.8, 4) is 0 Å². The molecule has 4 fully saturated rings. The number of rotatable bonds is 2. The van der Waals surface area contributed by atoms with Gasteiger partial charge in [0.15, 0.2) is 0 Å². The van der Waals surface area contributed by atoms with Crippen LogP contribution in [0.2, 0.25) is 0 Å². The summed E-state index contributed by atoms with van der Waals surface area (Å²) < 4.78 is 6.16. The SMILES string of the molecule is CC(C)OC12CC3CC(CC(O)(C3)C1)C2. The summed E-state index contributed by atoms with van der Waals surface area (Å²) >= 11 is 0. The molecule has 1 N–H and O–H groups in total. The van der Waals surface area contributed by atoms with Gasteiger partial charge in [0.25, 0.3) is 0 Å². The third-order valence-electron chi connectivity index (χ3n) is 4.46. The normalized spacial score (nSPS) is 52.8. The van der Waals surface area contributed by atoms with Crippen molar-refractivity contribution in [3.63, 3.8) is 0 Å². The van der Waals surface area contributed by atoms with Crippen LogP contribution in [0.25, 0.3) is 0 Å². The van der Waals surface area contributed by atoms with E-state index >= 15 is 0 Å². The lowest BCUT2D eigenvalue weighted by molar-refractivity contribution is -0.231. The Hall–Kier alpha value is -0.0800. The lowest BCUT2D eigenvalue weighted by Crippen LogP contribution is -2.60. The smallest absolute Gasteiger partial charge is 0.0718 e. The van der Waals surface area contributed by atoms with Crippen molar-refractivity contribution in [2.75, 3.05) is 0 Å². The monoisotopic (exact) mass is 210 g/mol. The van der Waals surface area contributed by atoms with Crippen LogP contribution < -0.4 is 0 Å². The Labute approximate surface area is 92.0 Å². The minimum atomic E-state index is -0.376. The standard InChI is InChI=1S/C13H22O2/c1-9(2)15-13-6-10-3-11(7-13)5-12(14,4-10)8-13/h9-11,14H,3-8H2,1-2H3. The summed E-state index contributed by atoms with van der Waals surface area (Å²) in [5.74, 6) is 1.46. The zero-order valence-electron chi connectivity index (χ0n) is 9.83. The van der Waals surface area contributed by atoms with Gasteiger partial charge in [0.1, 0.15) is 0 Å². The average Bonchev–Trinajstić information content (AvgIpc) is 1.94. The molecule has 2 heteroatoms. The molecule has 0 spiro atoms. The van der Waals surface area contributed by atoms with Gasteiger partial charge in [-0.25, -0.2) is 0 Å². The molecule has 0 radical (unpaired) electrons. The van der Waals surface area contributed by atoms with Gasteiger partial charge < -0.3 is 9.84 Å². The molecule has 0 aromatic carbocycles. The van der Waals surface area contributed by atoms with Crippen molar-refractivity contribution in [1.82, 2.24) is 0 Å². The van der Waals surface area contributed by atoms with Crippen molar-refractivity contribution >= 4 is 0 Å². The fourth-order valence-corrected chi connectivity index (χ4v) is 4.77. The maximum absolute atomic E-state index is 10.5. The van der Waals surface area contributed by atoms with E-state index in [9.17, 15) is 5.11 Å². The van der Waals surface area contributed by atoms with Crippen LogP contribution >= 0.6 is 0 Å². The van der Waals surface area contributed by atoms with Gasteiger partial charge >= 0.3 is 0 Å². The summed E-state index contributed by atoms with van der Waals surface area (Å²) in [6.45, 7) is 4.23. The molecule has 2 unspecified atom stereocenters. The van der Waals surface area contributed by atoms with E-state index in [1.807, 2.05) is 0 Å². The highest BCUT2D eigenvalue weighted by molar-refractivity contribution is 5.10. The highest BCUT2D eigenvalue weighted by Gasteiger charge is 2.58. The molecule has 0 aromatic heterocycles. The quantitative estimate of drug-likeness (QED) is 0.758. The first kappa shape index (κ1) is 10.1. The van der Waals surface area contributed by atoms with Crippen LogP contribution in [0.15, 0.2) is 0 Å². The third-order valence-corrected chi connectivity index (χ3v) is 4.46. The van der Waals surface area contributed by atoms with Crippen molar-refractivity contribution in [1.29, 1.82) is 0 Å². The number of hydrogen-bond acceptors (Lipinski definition) is 2. The van der Waals surface area contributed by atoms with Crippen LogP contribution in [-0.4, -0.2) is 22.4 Å². The molecule has 2 nitrogen and oxygen atoms in total. The zero-order chi connectivity index (χ0) is 10.7. The lowest BCUT2D eigenvalue weighted by atomic mass is 9.52. The summed E-state index contributed by atoms with van der Waals surface area (Å²) in [7, 11) is 0. The predicted octanol–water partition coefficient (Wildman–Crippen LogP) is 2.50. The van der Waals surface area contributed by atoms with E-state index in [2.05, 4.69) is 13.8 Å². The first-order valence-electron chi connectivity index (χ1n) is 6.39. The van der Waals surface area contributed by atoms with Crippen LogP contribution in [-0.2, 0) is 4.74 Å². The molecule has 2 atom stereocenters. The predicted molar refractivity (Wildman–Crippen MR) is 58.6 cm³/mol. The molecule has 4 rings (SSSR count). The summed E-state index contributed by atoms with van der Waals surface area (Å²) in [5.41, 5.74) is -0.341. The van der Waals surface area contributed by atoms with E-state index in [4.69, 9.17) is 4.74 Å². The summed E-state index contributed by atoms with van der Waals surface area (Å²) in [6.07, 6.45) is 6.99. The van der Waals surface area contributed by atoms with Crippen LogP contribution in [0.1, 0.15) is 52.4 Å². The second-order valence-corrected chi connectivity index (χ2v) is 6.53. The second kappa shape index (κ2) is 2.98. The molecule has 4 bridgehead atoms. The van der Waals surface area contributed by atoms with Gasteiger partial charge in [0.2, 0.25) is 0 Å². The van der Waals surface area contributed by atoms with Gasteiger partial charge in [-0.2, -0.15) is 0 Å². The van der Waals surface area contributed by atoms with Crippen LogP contribution in [0, 0.1) is 11.8 Å². The van der Waals surface area contributed by atoms with E-state index in [1.54, 1.807) is 0 Å². The van der Waals surface area contributed by atoms with Crippen molar-refractivity contribution in [2.45, 2.75) is 69.7 Å². The second-order valence-electron chi connectivity index (χ2n) is 6.53. The Morgan fingerprint density at radius 1 is 1.13 bits per heavy atom. The van der Waals surface area contributed by atoms with E-state index < -0.39 is 0 Å². The molecule has 15 heavy (non-hydrogen) atoms. The van der Waals surface area contributed by atoms with Gasteiger partial charge in [-0.05, 0) is 57.8 Å². The summed E-state index contributed by atoms with van der Waals surface area (Å²) in [4.78, 5) is 0. The Morgan fingerprint density at radius 3 is 2.20 bits per heavy atom. The lowest BCUT2D eigenvalue weighted by Gasteiger charge is -2.60. The summed E-state index contributed by atoms with van der Waals surface area (Å²) in [6, 6.07) is 0. The number of aliphatic hydroxyl groups is 1. The van der Waals surface area contributed by atoms with Gasteiger partial charge in [0, 0.05) is 6.42 Å². The molecule has 86 valence electrons. The van der Waals surface area contributed by atoms with E-state index in [0.717, 1.165) is 31.1 Å². The Kier molecular flexibility index (Phi) is 2.01. The first-order chi connectivity index (χ1) is 6.99. The average molecular weight is 210 g/mol. The molecule has 0 saturated heterocycles. The van der Waals surface area contributed by atoms with Crippen molar-refractivity contribution in [2.24, 2.45) is 11.8 Å². The molecular weight excluding hydrogens is 188 g/mol. The fraction of sp³-hybridized carbons (Fsp3) is 1.00. The maximum Gasteiger partial charge on any atom is 0.0718 e. The van der Waals surface area contributed by atoms with Gasteiger partial charge in [-0.1, -0.05) is 0 Å². The van der Waals surface area contributed by atoms with Gasteiger partial charge in [-0.15, -0.1) is 0 Å². The number of hydrogen-bond donors (Lipinski definition) is 1. The largest absolute Gasteiger partial charge is 0.390 e. The van der Waals surface area contributed by atoms with E-state index in [-0.39, 0.29) is 11.2 Å². The minimum Gasteiger partial charge on any atom is -0.390 e. The van der Waals surface area contributed by atoms with Crippen molar-refractivity contribution in [3.05, 3.63) is 0 Å². The van der Waals surface area contributed by atoms with E-state index in [0.29, 0.717) is 6.10 Å². The molecule has 4 aliphatic rings. The minimum absolute atomic E-state index is 0.0347. The molecule has 4 aliphatic carbocycles. The highest BCUT2D eigenvalue weighted by atomic mass is 16.5. The number of ether oxygens (including phenoxy) is 1. The Balaban J connectivity index is 1.86. The summed E-state index contributed by atoms with van der Waals surface area (Å²) in [5, 5.41) is 10.5. The topological polar surface area (TPSA) is 29.5 Å². The molecule has 0 heterocycles. The zero-order valence-corrected chi connectivity index (χ0v) is 9.83. The molecule has 4 saturated carbocycles. The van der Waals surface area contributed by atoms with Crippen molar-refractivity contribution < 1.29 is 9.84 Å². The van der Waals surface area contributed by atoms with Crippen LogP contribution in [0.3, 0.4) is 0 Å².